The Balaban J connectivity index is 0.00000264. The number of anilines is 1. The zero-order valence-electron chi connectivity index (χ0n) is 12.9. The third kappa shape index (κ3) is 4.51. The molecule has 0 aliphatic rings. The lowest BCUT2D eigenvalue weighted by atomic mass is 10.1. The van der Waals surface area contributed by atoms with Gasteiger partial charge in [0.2, 0.25) is 0 Å². The molecule has 124 valence electrons. The van der Waals surface area contributed by atoms with E-state index in [0.717, 1.165) is 5.01 Å². The van der Waals surface area contributed by atoms with Crippen molar-refractivity contribution in [2.75, 3.05) is 18.9 Å². The van der Waals surface area contributed by atoms with Crippen molar-refractivity contribution in [2.24, 2.45) is 5.73 Å². The van der Waals surface area contributed by atoms with Gasteiger partial charge in [-0.1, -0.05) is 6.07 Å². The van der Waals surface area contributed by atoms with Gasteiger partial charge < -0.3 is 16.4 Å². The van der Waals surface area contributed by atoms with E-state index in [1.807, 2.05) is 0 Å². The largest absolute Gasteiger partial charge is 0.355 e. The van der Waals surface area contributed by atoms with E-state index < -0.39 is 0 Å². The van der Waals surface area contributed by atoms with Gasteiger partial charge >= 0.3 is 0 Å². The quantitative estimate of drug-likeness (QED) is 0.764. The van der Waals surface area contributed by atoms with Crippen molar-refractivity contribution in [1.82, 2.24) is 10.3 Å². The first-order chi connectivity index (χ1) is 10.6. The van der Waals surface area contributed by atoms with Gasteiger partial charge in [-0.05, 0) is 31.2 Å². The van der Waals surface area contributed by atoms with Gasteiger partial charge in [0, 0.05) is 30.1 Å². The molecule has 0 aliphatic carbocycles. The molecule has 0 unspecified atom stereocenters. The van der Waals surface area contributed by atoms with Crippen molar-refractivity contribution in [3.8, 4) is 0 Å². The molecule has 2 rings (SSSR count). The second kappa shape index (κ2) is 8.61. The van der Waals surface area contributed by atoms with Crippen molar-refractivity contribution >= 4 is 41.2 Å². The van der Waals surface area contributed by atoms with Gasteiger partial charge in [0.1, 0.15) is 5.69 Å². The first kappa shape index (κ1) is 19.1. The predicted molar refractivity (Wildman–Crippen MR) is 94.6 cm³/mol. The number of carbonyl (C=O) groups is 2. The lowest BCUT2D eigenvalue weighted by Crippen LogP contribution is -2.20. The summed E-state index contributed by atoms with van der Waals surface area (Å²) in [6.07, 6.45) is 0.656. The highest BCUT2D eigenvalue weighted by atomic mass is 35.5. The molecule has 6 nitrogen and oxygen atoms in total. The van der Waals surface area contributed by atoms with Gasteiger partial charge in [0.15, 0.2) is 0 Å². The maximum atomic E-state index is 12.2. The SMILES string of the molecule is CNC(=O)c1cccc(NC(=O)c2csc(CCN)n2)c1C.Cl. The third-order valence-electron chi connectivity index (χ3n) is 3.20. The lowest BCUT2D eigenvalue weighted by molar-refractivity contribution is 0.0960. The highest BCUT2D eigenvalue weighted by Crippen LogP contribution is 2.20. The van der Waals surface area contributed by atoms with Gasteiger partial charge in [-0.15, -0.1) is 23.7 Å². The van der Waals surface area contributed by atoms with Crippen LogP contribution < -0.4 is 16.4 Å². The molecule has 2 aromatic rings. The van der Waals surface area contributed by atoms with E-state index in [0.29, 0.717) is 35.5 Å². The molecule has 0 aliphatic heterocycles. The zero-order valence-corrected chi connectivity index (χ0v) is 14.5. The molecule has 0 spiro atoms. The molecule has 2 amide bonds. The molecule has 8 heteroatoms. The molecule has 0 radical (unpaired) electrons. The summed E-state index contributed by atoms with van der Waals surface area (Å²) in [5, 5.41) is 7.92. The van der Waals surface area contributed by atoms with Crippen LogP contribution in [-0.4, -0.2) is 30.4 Å². The molecule has 0 atom stereocenters. The van der Waals surface area contributed by atoms with Gasteiger partial charge in [-0.25, -0.2) is 4.98 Å². The van der Waals surface area contributed by atoms with E-state index >= 15 is 0 Å². The Kier molecular flexibility index (Phi) is 7.15. The number of benzene rings is 1. The molecule has 0 saturated carbocycles. The van der Waals surface area contributed by atoms with Crippen LogP contribution in [0.25, 0.3) is 0 Å². The summed E-state index contributed by atoms with van der Waals surface area (Å²) in [5.74, 6) is -0.482. The summed E-state index contributed by atoms with van der Waals surface area (Å²) in [6, 6.07) is 5.20. The standard InChI is InChI=1S/C15H18N4O2S.ClH/c1-9-10(14(20)17-2)4-3-5-11(9)19-15(21)12-8-22-13(18-12)6-7-16;/h3-5,8H,6-7,16H2,1-2H3,(H,17,20)(H,19,21);1H. The smallest absolute Gasteiger partial charge is 0.275 e. The maximum Gasteiger partial charge on any atom is 0.275 e. The molecular formula is C15H19ClN4O2S. The van der Waals surface area contributed by atoms with E-state index in [1.165, 1.54) is 11.3 Å². The summed E-state index contributed by atoms with van der Waals surface area (Å²) in [6.45, 7) is 2.29. The van der Waals surface area contributed by atoms with Gasteiger partial charge in [-0.3, -0.25) is 9.59 Å². The average molecular weight is 355 g/mol. The van der Waals surface area contributed by atoms with E-state index in [4.69, 9.17) is 5.73 Å². The number of thiazole rings is 1. The summed E-state index contributed by atoms with van der Waals surface area (Å²) in [4.78, 5) is 28.3. The summed E-state index contributed by atoms with van der Waals surface area (Å²) >= 11 is 1.41. The Hall–Kier alpha value is -1.96. The van der Waals surface area contributed by atoms with E-state index in [2.05, 4.69) is 15.6 Å². The number of amides is 2. The molecule has 4 N–H and O–H groups in total. The molecule has 0 bridgehead atoms. The fraction of sp³-hybridized carbons (Fsp3) is 0.267. The van der Waals surface area contributed by atoms with Gasteiger partial charge in [-0.2, -0.15) is 0 Å². The van der Waals surface area contributed by atoms with E-state index in [-0.39, 0.29) is 24.2 Å². The number of halogens is 1. The van der Waals surface area contributed by atoms with Crippen molar-refractivity contribution in [3.05, 3.63) is 45.4 Å². The number of nitrogens with one attached hydrogen (secondary N) is 2. The van der Waals surface area contributed by atoms with Crippen LogP contribution in [0.5, 0.6) is 0 Å². The Bertz CT molecular complexity index is 703. The molecule has 23 heavy (non-hydrogen) atoms. The third-order valence-corrected chi connectivity index (χ3v) is 4.10. The van der Waals surface area contributed by atoms with Gasteiger partial charge in [0.05, 0.1) is 5.01 Å². The topological polar surface area (TPSA) is 97.1 Å². The van der Waals surface area contributed by atoms with E-state index in [1.54, 1.807) is 37.6 Å². The fourth-order valence-corrected chi connectivity index (χ4v) is 2.79. The normalized spacial score (nSPS) is 9.87. The fourth-order valence-electron chi connectivity index (χ4n) is 1.99. The average Bonchev–Trinajstić information content (AvgIpc) is 2.98. The first-order valence-electron chi connectivity index (χ1n) is 6.84. The Morgan fingerprint density at radius 3 is 2.70 bits per heavy atom. The van der Waals surface area contributed by atoms with Crippen LogP contribution >= 0.6 is 23.7 Å². The van der Waals surface area contributed by atoms with Crippen LogP contribution in [0, 0.1) is 6.92 Å². The van der Waals surface area contributed by atoms with Crippen molar-refractivity contribution in [2.45, 2.75) is 13.3 Å². The number of hydrogen-bond acceptors (Lipinski definition) is 5. The van der Waals surface area contributed by atoms with Crippen LogP contribution in [0.15, 0.2) is 23.6 Å². The number of hydrogen-bond donors (Lipinski definition) is 3. The van der Waals surface area contributed by atoms with Crippen LogP contribution in [0.1, 0.15) is 31.4 Å². The monoisotopic (exact) mass is 354 g/mol. The maximum absolute atomic E-state index is 12.2. The summed E-state index contributed by atoms with van der Waals surface area (Å²) in [5.41, 5.74) is 7.68. The van der Waals surface area contributed by atoms with Crippen molar-refractivity contribution < 1.29 is 9.59 Å². The molecule has 0 fully saturated rings. The Labute approximate surface area is 144 Å². The van der Waals surface area contributed by atoms with Crippen LogP contribution in [0.4, 0.5) is 5.69 Å². The van der Waals surface area contributed by atoms with Crippen molar-refractivity contribution in [3.63, 3.8) is 0 Å². The first-order valence-corrected chi connectivity index (χ1v) is 7.72. The second-order valence-corrected chi connectivity index (χ2v) is 5.62. The summed E-state index contributed by atoms with van der Waals surface area (Å²) in [7, 11) is 1.57. The second-order valence-electron chi connectivity index (χ2n) is 4.68. The number of carbonyl (C=O) groups excluding carboxylic acids is 2. The molecule has 0 saturated heterocycles. The zero-order chi connectivity index (χ0) is 16.1. The molecular weight excluding hydrogens is 336 g/mol. The molecule has 1 heterocycles. The van der Waals surface area contributed by atoms with Crippen molar-refractivity contribution in [1.29, 1.82) is 0 Å². The van der Waals surface area contributed by atoms with Gasteiger partial charge in [0.25, 0.3) is 11.8 Å². The molecule has 1 aromatic carbocycles. The number of nitrogens with two attached hydrogens (primary N) is 1. The number of nitrogens with zero attached hydrogens (tertiary/aromatic N) is 1. The Morgan fingerprint density at radius 1 is 1.30 bits per heavy atom. The predicted octanol–water partition coefficient (Wildman–Crippen LogP) is 1.99. The lowest BCUT2D eigenvalue weighted by Gasteiger charge is -2.11. The number of aromatic nitrogens is 1. The minimum Gasteiger partial charge on any atom is -0.355 e. The van der Waals surface area contributed by atoms with Crippen LogP contribution in [0.3, 0.4) is 0 Å². The number of rotatable bonds is 5. The van der Waals surface area contributed by atoms with E-state index in [9.17, 15) is 9.59 Å². The Morgan fingerprint density at radius 2 is 2.04 bits per heavy atom. The highest BCUT2D eigenvalue weighted by molar-refractivity contribution is 7.09. The van der Waals surface area contributed by atoms with Crippen LogP contribution in [-0.2, 0) is 6.42 Å². The highest BCUT2D eigenvalue weighted by Gasteiger charge is 2.15. The summed E-state index contributed by atoms with van der Waals surface area (Å²) < 4.78 is 0. The molecule has 1 aromatic heterocycles. The minimum atomic E-state index is -0.295. The van der Waals surface area contributed by atoms with Crippen LogP contribution in [0.2, 0.25) is 0 Å². The minimum absolute atomic E-state index is 0.